The molecule has 154 valence electrons. The molecule has 2 aromatic carbocycles. The first-order chi connectivity index (χ1) is 15.1. The molecule has 3 aromatic rings. The summed E-state index contributed by atoms with van der Waals surface area (Å²) in [6, 6.07) is 15.7. The molecule has 1 atom stereocenters. The monoisotopic (exact) mass is 427 g/mol. The smallest absolute Gasteiger partial charge is 0.272 e. The van der Waals surface area contributed by atoms with E-state index in [-0.39, 0.29) is 11.5 Å². The Kier molecular flexibility index (Phi) is 4.02. The zero-order valence-electron chi connectivity index (χ0n) is 17.2. The van der Waals surface area contributed by atoms with Gasteiger partial charge in [-0.15, -0.1) is 11.8 Å². The van der Waals surface area contributed by atoms with Gasteiger partial charge in [0.15, 0.2) is 4.87 Å². The van der Waals surface area contributed by atoms with Crippen LogP contribution in [0.2, 0.25) is 0 Å². The summed E-state index contributed by atoms with van der Waals surface area (Å²) in [5, 5.41) is 2.21. The SMILES string of the molecule is Cc1nc2ccccc2c(=O)n1N1C(=O)CSC12C1=C(CCC=C1)Cc1ccccc12. The number of carbonyl (C=O) groups excluding carboxylic acids is 1. The minimum atomic E-state index is -0.753. The van der Waals surface area contributed by atoms with E-state index >= 15 is 0 Å². The number of thioether (sulfide) groups is 1. The fraction of sp³-hybridized carbons (Fsp3) is 0.240. The summed E-state index contributed by atoms with van der Waals surface area (Å²) in [7, 11) is 0. The molecule has 3 aliphatic rings. The van der Waals surface area contributed by atoms with Crippen molar-refractivity contribution in [2.45, 2.75) is 31.1 Å². The molecule has 6 heteroatoms. The van der Waals surface area contributed by atoms with Gasteiger partial charge in [-0.2, -0.15) is 4.68 Å². The molecule has 0 N–H and O–H groups in total. The third-order valence-electron chi connectivity index (χ3n) is 6.48. The van der Waals surface area contributed by atoms with Crippen LogP contribution in [0, 0.1) is 6.92 Å². The van der Waals surface area contributed by atoms with Crippen LogP contribution in [0.4, 0.5) is 0 Å². The Morgan fingerprint density at radius 1 is 1.06 bits per heavy atom. The zero-order chi connectivity index (χ0) is 21.2. The lowest BCUT2D eigenvalue weighted by atomic mass is 9.78. The highest BCUT2D eigenvalue weighted by atomic mass is 32.2. The van der Waals surface area contributed by atoms with Crippen LogP contribution in [0.1, 0.15) is 29.8 Å². The van der Waals surface area contributed by atoms with Gasteiger partial charge in [-0.05, 0) is 55.0 Å². The number of allylic oxidation sites excluding steroid dienone is 2. The third-order valence-corrected chi connectivity index (χ3v) is 7.91. The summed E-state index contributed by atoms with van der Waals surface area (Å²) in [4.78, 5) is 31.0. The van der Waals surface area contributed by atoms with Gasteiger partial charge in [-0.1, -0.05) is 54.1 Å². The lowest BCUT2D eigenvalue weighted by Gasteiger charge is -2.45. The molecule has 2 aliphatic carbocycles. The first kappa shape index (κ1) is 18.6. The minimum absolute atomic E-state index is 0.0743. The number of rotatable bonds is 1. The second kappa shape index (κ2) is 6.69. The molecule has 1 aromatic heterocycles. The Bertz CT molecular complexity index is 1390. The number of fused-ring (bicyclic) bond motifs is 4. The number of amides is 1. The van der Waals surface area contributed by atoms with Crippen LogP contribution in [0.5, 0.6) is 0 Å². The molecule has 0 saturated carbocycles. The molecule has 1 amide bonds. The zero-order valence-corrected chi connectivity index (χ0v) is 18.0. The van der Waals surface area contributed by atoms with E-state index in [9.17, 15) is 9.59 Å². The van der Waals surface area contributed by atoms with Gasteiger partial charge < -0.3 is 0 Å². The maximum atomic E-state index is 13.7. The number of carbonyl (C=O) groups is 1. The molecule has 1 saturated heterocycles. The largest absolute Gasteiger partial charge is 0.280 e. The fourth-order valence-corrected chi connectivity index (χ4v) is 6.68. The number of aryl methyl sites for hydroxylation is 1. The average molecular weight is 428 g/mol. The van der Waals surface area contributed by atoms with Crippen molar-refractivity contribution >= 4 is 28.6 Å². The molecule has 6 rings (SSSR count). The number of hydrogen-bond donors (Lipinski definition) is 0. The predicted octanol–water partition coefficient (Wildman–Crippen LogP) is 3.97. The van der Waals surface area contributed by atoms with Gasteiger partial charge in [0.05, 0.1) is 16.7 Å². The van der Waals surface area contributed by atoms with Crippen molar-refractivity contribution in [1.82, 2.24) is 9.66 Å². The number of benzene rings is 2. The second-order valence-corrected chi connectivity index (χ2v) is 9.39. The van der Waals surface area contributed by atoms with Crippen LogP contribution < -0.4 is 10.6 Å². The van der Waals surface area contributed by atoms with Crippen molar-refractivity contribution < 1.29 is 4.79 Å². The van der Waals surface area contributed by atoms with E-state index in [2.05, 4.69) is 35.3 Å². The third kappa shape index (κ3) is 2.48. The van der Waals surface area contributed by atoms with Crippen molar-refractivity contribution in [2.75, 3.05) is 10.8 Å². The Labute approximate surface area is 184 Å². The summed E-state index contributed by atoms with van der Waals surface area (Å²) < 4.78 is 1.51. The molecule has 1 spiro atoms. The van der Waals surface area contributed by atoms with Crippen molar-refractivity contribution in [3.05, 3.63) is 99.1 Å². The van der Waals surface area contributed by atoms with Crippen molar-refractivity contribution in [3.63, 3.8) is 0 Å². The van der Waals surface area contributed by atoms with Crippen LogP contribution in [-0.4, -0.2) is 21.3 Å². The van der Waals surface area contributed by atoms with E-state index in [0.29, 0.717) is 22.5 Å². The standard InChI is InChI=1S/C25H21N3O2S/c1-16-26-22-13-7-4-10-19(22)24(30)27(16)28-23(29)15-31-25(28)20-11-5-2-8-17(20)14-18-9-3-6-12-21(18)25/h2,4-8,10-13H,3,9,14-15H2,1H3. The van der Waals surface area contributed by atoms with Gasteiger partial charge in [0.25, 0.3) is 11.5 Å². The molecule has 1 unspecified atom stereocenters. The summed E-state index contributed by atoms with van der Waals surface area (Å²) in [5.74, 6) is 0.760. The Hall–Kier alpha value is -3.12. The van der Waals surface area contributed by atoms with Gasteiger partial charge in [0, 0.05) is 0 Å². The van der Waals surface area contributed by atoms with Gasteiger partial charge in [-0.25, -0.2) is 9.99 Å². The molecule has 5 nitrogen and oxygen atoms in total. The Morgan fingerprint density at radius 3 is 2.77 bits per heavy atom. The molecular weight excluding hydrogens is 406 g/mol. The van der Waals surface area contributed by atoms with Gasteiger partial charge >= 0.3 is 0 Å². The van der Waals surface area contributed by atoms with Gasteiger partial charge in [0.1, 0.15) is 5.82 Å². The van der Waals surface area contributed by atoms with Crippen LogP contribution in [0.15, 0.2) is 76.6 Å². The van der Waals surface area contributed by atoms with E-state index < -0.39 is 4.87 Å². The lowest BCUT2D eigenvalue weighted by Crippen LogP contribution is -2.56. The van der Waals surface area contributed by atoms with E-state index in [1.54, 1.807) is 29.8 Å². The number of para-hydroxylation sites is 1. The molecular formula is C25H21N3O2S. The van der Waals surface area contributed by atoms with E-state index in [4.69, 9.17) is 0 Å². The number of hydrogen-bond acceptors (Lipinski definition) is 4. The van der Waals surface area contributed by atoms with Crippen molar-refractivity contribution in [3.8, 4) is 0 Å². The van der Waals surface area contributed by atoms with E-state index in [1.807, 2.05) is 24.3 Å². The molecule has 1 aliphatic heterocycles. The molecule has 31 heavy (non-hydrogen) atoms. The van der Waals surface area contributed by atoms with Crippen LogP contribution in [0.3, 0.4) is 0 Å². The van der Waals surface area contributed by atoms with E-state index in [0.717, 1.165) is 30.4 Å². The first-order valence-corrected chi connectivity index (χ1v) is 11.5. The highest BCUT2D eigenvalue weighted by molar-refractivity contribution is 8.01. The van der Waals surface area contributed by atoms with Crippen LogP contribution >= 0.6 is 11.8 Å². The topological polar surface area (TPSA) is 55.2 Å². The Morgan fingerprint density at radius 2 is 1.87 bits per heavy atom. The van der Waals surface area contributed by atoms with Crippen molar-refractivity contribution in [2.24, 2.45) is 0 Å². The molecule has 0 radical (unpaired) electrons. The lowest BCUT2D eigenvalue weighted by molar-refractivity contribution is -0.117. The van der Waals surface area contributed by atoms with Crippen LogP contribution in [0.25, 0.3) is 10.9 Å². The summed E-state index contributed by atoms with van der Waals surface area (Å²) in [6.45, 7) is 1.80. The Balaban J connectivity index is 1.70. The molecule has 2 heterocycles. The second-order valence-electron chi connectivity index (χ2n) is 8.22. The number of nitrogens with zero attached hydrogens (tertiary/aromatic N) is 3. The van der Waals surface area contributed by atoms with Gasteiger partial charge in [0.2, 0.25) is 0 Å². The first-order valence-electron chi connectivity index (χ1n) is 10.5. The quantitative estimate of drug-likeness (QED) is 0.590. The minimum Gasteiger partial charge on any atom is -0.272 e. The maximum absolute atomic E-state index is 13.7. The summed E-state index contributed by atoms with van der Waals surface area (Å²) in [6.07, 6.45) is 7.23. The van der Waals surface area contributed by atoms with Crippen LogP contribution in [-0.2, 0) is 16.1 Å². The summed E-state index contributed by atoms with van der Waals surface area (Å²) in [5.41, 5.74) is 5.26. The highest BCUT2D eigenvalue weighted by Gasteiger charge is 2.55. The van der Waals surface area contributed by atoms with E-state index in [1.165, 1.54) is 15.8 Å². The van der Waals surface area contributed by atoms with Crippen molar-refractivity contribution in [1.29, 1.82) is 0 Å². The molecule has 0 bridgehead atoms. The number of aromatic nitrogens is 2. The fourth-order valence-electron chi connectivity index (χ4n) is 5.20. The van der Waals surface area contributed by atoms with Gasteiger partial charge in [-0.3, -0.25) is 9.59 Å². The molecule has 1 fully saturated rings. The summed E-state index contributed by atoms with van der Waals surface area (Å²) >= 11 is 1.61. The highest BCUT2D eigenvalue weighted by Crippen LogP contribution is 2.55. The predicted molar refractivity (Wildman–Crippen MR) is 124 cm³/mol. The maximum Gasteiger partial charge on any atom is 0.280 e. The normalized spacial score (nSPS) is 22.4. The average Bonchev–Trinajstić information content (AvgIpc) is 3.12.